The Hall–Kier alpha value is -0.200. The number of nitrogens with two attached hydrogens (primary N) is 1. The molecule has 4 nitrogen and oxygen atoms in total. The summed E-state index contributed by atoms with van der Waals surface area (Å²) in [7, 11) is -3.33. The second-order valence-electron chi connectivity index (χ2n) is 5.11. The van der Waals surface area contributed by atoms with Gasteiger partial charge in [0.25, 0.3) is 0 Å². The Kier molecular flexibility index (Phi) is 3.75. The summed E-state index contributed by atoms with van der Waals surface area (Å²) in [5.41, 5.74) is 5.54. The highest BCUT2D eigenvalue weighted by molar-refractivity contribution is 7.92. The zero-order chi connectivity index (χ0) is 12.6. The maximum atomic E-state index is 12.4. The molecule has 2 N–H and O–H groups in total. The summed E-state index contributed by atoms with van der Waals surface area (Å²) in [5, 5.41) is -0.684. The number of hydrogen-bond acceptors (Lipinski definition) is 3. The van der Waals surface area contributed by atoms with Gasteiger partial charge < -0.3 is 5.73 Å². The van der Waals surface area contributed by atoms with Crippen LogP contribution in [0, 0.1) is 11.8 Å². The van der Waals surface area contributed by atoms with Crippen molar-refractivity contribution in [3.63, 3.8) is 0 Å². The second kappa shape index (κ2) is 4.82. The van der Waals surface area contributed by atoms with Crippen molar-refractivity contribution in [2.75, 3.05) is 13.1 Å². The lowest BCUT2D eigenvalue weighted by Gasteiger charge is -2.23. The van der Waals surface area contributed by atoms with Crippen LogP contribution in [0.5, 0.6) is 0 Å². The standard InChI is InChI=1S/C11H20N2O2S2/c1-2-10(11(12)16)17(14,15)13-6-8-4-3-5-9(8)7-13/h8-10H,2-7H2,1H3,(H2,12,16). The highest BCUT2D eigenvalue weighted by atomic mass is 32.2. The summed E-state index contributed by atoms with van der Waals surface area (Å²) in [4.78, 5) is 0.101. The van der Waals surface area contributed by atoms with Gasteiger partial charge in [-0.2, -0.15) is 0 Å². The van der Waals surface area contributed by atoms with Crippen molar-refractivity contribution < 1.29 is 8.42 Å². The van der Waals surface area contributed by atoms with E-state index < -0.39 is 15.3 Å². The lowest BCUT2D eigenvalue weighted by molar-refractivity contribution is 0.441. The first-order chi connectivity index (χ1) is 7.96. The van der Waals surface area contributed by atoms with E-state index in [0.29, 0.717) is 31.3 Å². The van der Waals surface area contributed by atoms with Crippen LogP contribution in [-0.4, -0.2) is 36.1 Å². The van der Waals surface area contributed by atoms with Gasteiger partial charge in [0.2, 0.25) is 10.0 Å². The van der Waals surface area contributed by atoms with Crippen LogP contribution in [0.15, 0.2) is 0 Å². The second-order valence-corrected chi connectivity index (χ2v) is 7.70. The smallest absolute Gasteiger partial charge is 0.223 e. The molecular formula is C11H20N2O2S2. The predicted molar refractivity (Wildman–Crippen MR) is 72.2 cm³/mol. The largest absolute Gasteiger partial charge is 0.392 e. The van der Waals surface area contributed by atoms with Crippen LogP contribution in [0.25, 0.3) is 0 Å². The molecule has 0 spiro atoms. The first kappa shape index (κ1) is 13.2. The van der Waals surface area contributed by atoms with E-state index in [-0.39, 0.29) is 4.99 Å². The Labute approximate surface area is 109 Å². The summed E-state index contributed by atoms with van der Waals surface area (Å²) in [6, 6.07) is 0. The van der Waals surface area contributed by atoms with E-state index in [4.69, 9.17) is 18.0 Å². The molecule has 1 aliphatic carbocycles. The molecule has 17 heavy (non-hydrogen) atoms. The minimum Gasteiger partial charge on any atom is -0.392 e. The van der Waals surface area contributed by atoms with Crippen molar-refractivity contribution in [1.29, 1.82) is 0 Å². The minimum absolute atomic E-state index is 0.101. The van der Waals surface area contributed by atoms with E-state index in [1.807, 2.05) is 6.92 Å². The first-order valence-corrected chi connectivity index (χ1v) is 8.16. The molecule has 0 aromatic heterocycles. The van der Waals surface area contributed by atoms with E-state index in [2.05, 4.69) is 0 Å². The van der Waals surface area contributed by atoms with Gasteiger partial charge in [0.05, 0.1) is 4.99 Å². The van der Waals surface area contributed by atoms with Gasteiger partial charge >= 0.3 is 0 Å². The number of rotatable bonds is 4. The van der Waals surface area contributed by atoms with Crippen molar-refractivity contribution in [2.24, 2.45) is 17.6 Å². The van der Waals surface area contributed by atoms with Crippen LogP contribution in [0.1, 0.15) is 32.6 Å². The van der Waals surface area contributed by atoms with Crippen LogP contribution >= 0.6 is 12.2 Å². The lowest BCUT2D eigenvalue weighted by atomic mass is 10.0. The van der Waals surface area contributed by atoms with Crippen molar-refractivity contribution >= 4 is 27.2 Å². The summed E-state index contributed by atoms with van der Waals surface area (Å²) in [5.74, 6) is 1.13. The van der Waals surface area contributed by atoms with Gasteiger partial charge in [0, 0.05) is 13.1 Å². The molecule has 2 rings (SSSR count). The van der Waals surface area contributed by atoms with E-state index in [1.54, 1.807) is 4.31 Å². The maximum Gasteiger partial charge on any atom is 0.223 e. The normalized spacial score (nSPS) is 31.4. The van der Waals surface area contributed by atoms with Gasteiger partial charge in [0.15, 0.2) is 0 Å². The molecule has 0 bridgehead atoms. The molecule has 0 aromatic rings. The Morgan fingerprint density at radius 2 is 1.94 bits per heavy atom. The average Bonchev–Trinajstić information content (AvgIpc) is 2.75. The molecule has 1 saturated carbocycles. The van der Waals surface area contributed by atoms with Gasteiger partial charge in [0.1, 0.15) is 5.25 Å². The molecule has 0 amide bonds. The van der Waals surface area contributed by atoms with Crippen LogP contribution in [0.4, 0.5) is 0 Å². The Morgan fingerprint density at radius 1 is 1.41 bits per heavy atom. The summed E-state index contributed by atoms with van der Waals surface area (Å²) >= 11 is 4.87. The molecule has 98 valence electrons. The molecule has 0 radical (unpaired) electrons. The van der Waals surface area contributed by atoms with E-state index in [1.165, 1.54) is 19.3 Å². The van der Waals surface area contributed by atoms with Crippen LogP contribution < -0.4 is 5.73 Å². The Balaban J connectivity index is 2.14. The fraction of sp³-hybridized carbons (Fsp3) is 0.909. The van der Waals surface area contributed by atoms with Gasteiger partial charge in [-0.3, -0.25) is 0 Å². The van der Waals surface area contributed by atoms with Crippen molar-refractivity contribution in [3.05, 3.63) is 0 Å². The molecule has 1 saturated heterocycles. The lowest BCUT2D eigenvalue weighted by Crippen LogP contribution is -2.43. The quantitative estimate of drug-likeness (QED) is 0.781. The average molecular weight is 276 g/mol. The van der Waals surface area contributed by atoms with Crippen LogP contribution in [-0.2, 0) is 10.0 Å². The molecule has 2 aliphatic rings. The molecule has 0 aromatic carbocycles. The zero-order valence-electron chi connectivity index (χ0n) is 10.1. The zero-order valence-corrected chi connectivity index (χ0v) is 11.8. The first-order valence-electron chi connectivity index (χ1n) is 6.25. The highest BCUT2D eigenvalue weighted by Gasteiger charge is 2.43. The van der Waals surface area contributed by atoms with Gasteiger partial charge in [-0.1, -0.05) is 25.6 Å². The van der Waals surface area contributed by atoms with Crippen LogP contribution in [0.2, 0.25) is 0 Å². The molecule has 3 atom stereocenters. The molecule has 1 heterocycles. The van der Waals surface area contributed by atoms with Crippen molar-refractivity contribution in [2.45, 2.75) is 37.9 Å². The maximum absolute atomic E-state index is 12.4. The van der Waals surface area contributed by atoms with Crippen LogP contribution in [0.3, 0.4) is 0 Å². The number of thiocarbonyl (C=S) groups is 1. The third-order valence-corrected chi connectivity index (χ3v) is 6.86. The Morgan fingerprint density at radius 3 is 2.35 bits per heavy atom. The summed E-state index contributed by atoms with van der Waals surface area (Å²) in [6.07, 6.45) is 4.04. The van der Waals surface area contributed by atoms with Gasteiger partial charge in [-0.25, -0.2) is 12.7 Å². The fourth-order valence-electron chi connectivity index (χ4n) is 3.14. The monoisotopic (exact) mass is 276 g/mol. The van der Waals surface area contributed by atoms with E-state index >= 15 is 0 Å². The third-order valence-electron chi connectivity index (χ3n) is 4.10. The number of nitrogens with zero attached hydrogens (tertiary/aromatic N) is 1. The molecule has 2 fully saturated rings. The number of hydrogen-bond donors (Lipinski definition) is 1. The molecule has 6 heteroatoms. The molecule has 1 aliphatic heterocycles. The number of fused-ring (bicyclic) bond motifs is 1. The fourth-order valence-corrected chi connectivity index (χ4v) is 5.54. The molecule has 3 unspecified atom stereocenters. The van der Waals surface area contributed by atoms with Gasteiger partial charge in [-0.15, -0.1) is 0 Å². The predicted octanol–water partition coefficient (Wildman–Crippen LogP) is 1.11. The molecular weight excluding hydrogens is 256 g/mol. The highest BCUT2D eigenvalue weighted by Crippen LogP contribution is 2.39. The van der Waals surface area contributed by atoms with E-state index in [0.717, 1.165) is 0 Å². The SMILES string of the molecule is CCC(C(N)=S)S(=O)(=O)N1CC2CCCC2C1. The van der Waals surface area contributed by atoms with E-state index in [9.17, 15) is 8.42 Å². The van der Waals surface area contributed by atoms with Crippen molar-refractivity contribution in [1.82, 2.24) is 4.31 Å². The number of sulfonamides is 1. The topological polar surface area (TPSA) is 63.4 Å². The summed E-state index contributed by atoms with van der Waals surface area (Å²) < 4.78 is 26.4. The van der Waals surface area contributed by atoms with Gasteiger partial charge in [-0.05, 0) is 31.1 Å². The minimum atomic E-state index is -3.33. The summed E-state index contributed by atoms with van der Waals surface area (Å²) in [6.45, 7) is 3.16. The van der Waals surface area contributed by atoms with Crippen molar-refractivity contribution in [3.8, 4) is 0 Å². The third kappa shape index (κ3) is 2.35. The Bertz CT molecular complexity index is 396.